The highest BCUT2D eigenvalue weighted by Gasteiger charge is 2.21. The first-order valence-corrected chi connectivity index (χ1v) is 14.7. The molecule has 2 aromatic heterocycles. The summed E-state index contributed by atoms with van der Waals surface area (Å²) in [4.78, 5) is 0.318. The first kappa shape index (κ1) is 29.5. The average molecular weight is 674 g/mol. The minimum atomic E-state index is 0.136. The van der Waals surface area contributed by atoms with Crippen LogP contribution in [0.1, 0.15) is 33.9 Å². The first-order valence-electron chi connectivity index (χ1n) is 12.9. The number of benzene rings is 2. The molecule has 2 atom stereocenters. The normalized spacial score (nSPS) is 12.4. The number of alkyl halides is 2. The molecule has 0 saturated heterocycles. The number of phenols is 2. The lowest BCUT2D eigenvalue weighted by Crippen LogP contribution is -2.38. The fourth-order valence-corrected chi connectivity index (χ4v) is 5.21. The highest BCUT2D eigenvalue weighted by atomic mass is 79.9. The average Bonchev–Trinajstić information content (AvgIpc) is 2.99. The maximum absolute atomic E-state index is 9.76. The monoisotopic (exact) mass is 672 g/mol. The van der Waals surface area contributed by atoms with E-state index >= 15 is 0 Å². The summed E-state index contributed by atoms with van der Waals surface area (Å²) in [5, 5.41) is 26.3. The molecule has 0 fully saturated rings. The van der Waals surface area contributed by atoms with Gasteiger partial charge >= 0.3 is 0 Å². The molecule has 2 aromatic carbocycles. The largest absolute Gasteiger partial charge is 0.504 e. The van der Waals surface area contributed by atoms with Gasteiger partial charge in [-0.1, -0.05) is 12.1 Å². The van der Waals surface area contributed by atoms with Gasteiger partial charge in [-0.25, -0.2) is 0 Å². The van der Waals surface area contributed by atoms with Crippen LogP contribution < -0.4 is 29.2 Å². The molecule has 4 aromatic rings. The zero-order valence-corrected chi connectivity index (χ0v) is 25.6. The molecular formula is C30H34Br2N4O4+2. The Balaban J connectivity index is 1.23. The molecule has 2 heterocycles. The van der Waals surface area contributed by atoms with Crippen molar-refractivity contribution in [2.45, 2.75) is 35.8 Å². The van der Waals surface area contributed by atoms with Crippen LogP contribution >= 0.6 is 31.9 Å². The molecule has 0 radical (unpaired) electrons. The maximum atomic E-state index is 9.76. The summed E-state index contributed by atoms with van der Waals surface area (Å²) in [6, 6.07) is 18.9. The number of phenolic OH excluding ortho intramolecular Hbond substituents is 2. The lowest BCUT2D eigenvalue weighted by atomic mass is 10.2. The Morgan fingerprint density at radius 3 is 1.38 bits per heavy atom. The second kappa shape index (κ2) is 14.2. The molecule has 2 unspecified atom stereocenters. The summed E-state index contributed by atoms with van der Waals surface area (Å²) in [5.74, 6) is 1.21. The highest BCUT2D eigenvalue weighted by Crippen LogP contribution is 2.28. The lowest BCUT2D eigenvalue weighted by Gasteiger charge is -2.11. The molecule has 0 aliphatic rings. The third-order valence-electron chi connectivity index (χ3n) is 6.48. The van der Waals surface area contributed by atoms with E-state index in [1.807, 2.05) is 48.5 Å². The molecule has 4 N–H and O–H groups in total. The van der Waals surface area contributed by atoms with Gasteiger partial charge in [0.05, 0.1) is 14.2 Å². The zero-order chi connectivity index (χ0) is 28.5. The Labute approximate surface area is 251 Å². The van der Waals surface area contributed by atoms with Crippen molar-refractivity contribution in [3.8, 4) is 23.0 Å². The van der Waals surface area contributed by atoms with Gasteiger partial charge in [-0.2, -0.15) is 9.13 Å². The molecule has 0 spiro atoms. The summed E-state index contributed by atoms with van der Waals surface area (Å²) in [5.41, 5.74) is 4.06. The molecule has 210 valence electrons. The first-order chi connectivity index (χ1) is 19.4. The van der Waals surface area contributed by atoms with Crippen LogP contribution in [0.25, 0.3) is 0 Å². The van der Waals surface area contributed by atoms with E-state index in [2.05, 4.69) is 76.4 Å². The van der Waals surface area contributed by atoms with Crippen molar-refractivity contribution < 1.29 is 28.8 Å². The van der Waals surface area contributed by atoms with Gasteiger partial charge in [0.2, 0.25) is 9.90 Å². The second-order valence-corrected chi connectivity index (χ2v) is 11.3. The van der Waals surface area contributed by atoms with Crippen LogP contribution in [0.3, 0.4) is 0 Å². The fourth-order valence-electron chi connectivity index (χ4n) is 4.13. The van der Waals surface area contributed by atoms with Crippen molar-refractivity contribution in [2.75, 3.05) is 24.9 Å². The summed E-state index contributed by atoms with van der Waals surface area (Å²) in [6.45, 7) is 1.25. The quantitative estimate of drug-likeness (QED) is 0.100. The standard InChI is InChI=1S/C30H32Br2N4O4/c1-39-27-17-21(3-5-25(27)37)19-33-23-9-13-35(14-10-23)29(31)7-8-30(32)36-15-11-24(12-16-36)34-20-22-4-6-26(38)28(18-22)40-2/h3-6,9-18,29-30,37-38H,7-8,19-20H2,1-2H3/p+2. The van der Waals surface area contributed by atoms with E-state index in [1.165, 1.54) is 0 Å². The Morgan fingerprint density at radius 1 is 0.650 bits per heavy atom. The summed E-state index contributed by atoms with van der Waals surface area (Å²) < 4.78 is 14.7. The second-order valence-electron chi connectivity index (χ2n) is 9.23. The van der Waals surface area contributed by atoms with Crippen molar-refractivity contribution in [2.24, 2.45) is 0 Å². The number of hydrogen-bond donors (Lipinski definition) is 4. The van der Waals surface area contributed by atoms with Gasteiger partial charge < -0.3 is 30.3 Å². The Morgan fingerprint density at radius 2 is 1.02 bits per heavy atom. The van der Waals surface area contributed by atoms with Crippen molar-refractivity contribution >= 4 is 43.2 Å². The van der Waals surface area contributed by atoms with Crippen LogP contribution in [0.5, 0.6) is 23.0 Å². The van der Waals surface area contributed by atoms with E-state index in [-0.39, 0.29) is 21.4 Å². The SMILES string of the molecule is COc1cc(CNc2cc[n+](C(Br)CCC(Br)[n+]3ccc(NCc4ccc(O)c(OC)c4)cc3)cc2)ccc1O. The van der Waals surface area contributed by atoms with Crippen LogP contribution in [0.15, 0.2) is 85.5 Å². The van der Waals surface area contributed by atoms with Gasteiger partial charge in [-0.15, -0.1) is 0 Å². The number of rotatable bonds is 13. The molecule has 0 aliphatic carbocycles. The van der Waals surface area contributed by atoms with E-state index < -0.39 is 0 Å². The van der Waals surface area contributed by atoms with Gasteiger partial charge in [0.15, 0.2) is 47.8 Å². The van der Waals surface area contributed by atoms with E-state index in [1.54, 1.807) is 26.4 Å². The van der Waals surface area contributed by atoms with E-state index in [4.69, 9.17) is 9.47 Å². The number of halogens is 2. The summed E-state index contributed by atoms with van der Waals surface area (Å²) >= 11 is 7.64. The molecule has 0 bridgehead atoms. The number of hydrogen-bond acceptors (Lipinski definition) is 6. The number of anilines is 2. The van der Waals surface area contributed by atoms with Crippen molar-refractivity contribution in [1.82, 2.24) is 0 Å². The van der Waals surface area contributed by atoms with Gasteiger partial charge in [0.25, 0.3) is 0 Å². The van der Waals surface area contributed by atoms with Gasteiger partial charge in [-0.3, -0.25) is 0 Å². The number of ether oxygens (including phenoxy) is 2. The van der Waals surface area contributed by atoms with E-state index in [0.717, 1.165) is 35.3 Å². The van der Waals surface area contributed by atoms with Crippen molar-refractivity contribution in [3.05, 3.63) is 96.6 Å². The number of aromatic nitrogens is 2. The number of nitrogens with one attached hydrogen (secondary N) is 2. The molecule has 40 heavy (non-hydrogen) atoms. The highest BCUT2D eigenvalue weighted by molar-refractivity contribution is 9.09. The Kier molecular flexibility index (Phi) is 10.5. The van der Waals surface area contributed by atoms with Gasteiger partial charge in [-0.05, 0) is 67.3 Å². The lowest BCUT2D eigenvalue weighted by molar-refractivity contribution is -0.709. The summed E-state index contributed by atoms with van der Waals surface area (Å²) in [6.07, 6.45) is 10.1. The van der Waals surface area contributed by atoms with Crippen LogP contribution in [-0.4, -0.2) is 24.4 Å². The molecular weight excluding hydrogens is 640 g/mol. The molecule has 8 nitrogen and oxygen atoms in total. The van der Waals surface area contributed by atoms with Crippen molar-refractivity contribution in [1.29, 1.82) is 0 Å². The molecule has 10 heteroatoms. The van der Waals surface area contributed by atoms with Gasteiger partial charge in [0, 0.05) is 61.6 Å². The predicted octanol–water partition coefficient (Wildman–Crippen LogP) is 6.18. The summed E-state index contributed by atoms with van der Waals surface area (Å²) in [7, 11) is 3.09. The smallest absolute Gasteiger partial charge is 0.212 e. The van der Waals surface area contributed by atoms with Gasteiger partial charge in [0.1, 0.15) is 0 Å². The minimum absolute atomic E-state index is 0.136. The molecule has 0 saturated carbocycles. The number of methoxy groups -OCH3 is 2. The van der Waals surface area contributed by atoms with Crippen LogP contribution in [-0.2, 0) is 13.1 Å². The number of aromatic hydroxyl groups is 2. The Bertz CT molecular complexity index is 1280. The number of nitrogens with zero attached hydrogens (tertiary/aromatic N) is 2. The Hall–Kier alpha value is -3.50. The third kappa shape index (κ3) is 8.02. The van der Waals surface area contributed by atoms with E-state index in [9.17, 15) is 10.2 Å². The topological polar surface area (TPSA) is 90.7 Å². The van der Waals surface area contributed by atoms with E-state index in [0.29, 0.717) is 24.6 Å². The van der Waals surface area contributed by atoms with Crippen LogP contribution in [0.4, 0.5) is 11.4 Å². The molecule has 0 aliphatic heterocycles. The number of pyridine rings is 2. The zero-order valence-electron chi connectivity index (χ0n) is 22.4. The van der Waals surface area contributed by atoms with Crippen LogP contribution in [0, 0.1) is 0 Å². The third-order valence-corrected chi connectivity index (χ3v) is 8.34. The predicted molar refractivity (Wildman–Crippen MR) is 162 cm³/mol. The maximum Gasteiger partial charge on any atom is 0.212 e. The minimum Gasteiger partial charge on any atom is -0.504 e. The fraction of sp³-hybridized carbons (Fsp3) is 0.267. The molecule has 0 amide bonds. The van der Waals surface area contributed by atoms with Crippen LogP contribution in [0.2, 0.25) is 0 Å². The molecule has 4 rings (SSSR count). The van der Waals surface area contributed by atoms with Crippen molar-refractivity contribution in [3.63, 3.8) is 0 Å².